The number of tetrazole rings is 1. The average Bonchev–Trinajstić information content (AvgIpc) is 3.33. The highest BCUT2D eigenvalue weighted by Crippen LogP contribution is 2.23. The largest absolute Gasteiger partial charge is 0.454 e. The van der Waals surface area contributed by atoms with Crippen molar-refractivity contribution in [3.8, 4) is 0 Å². The predicted octanol–water partition coefficient (Wildman–Crippen LogP) is 2.30. The normalized spacial score (nSPS) is 11.3. The van der Waals surface area contributed by atoms with Crippen LogP contribution in [0.25, 0.3) is 0 Å². The number of rotatable bonds is 8. The zero-order chi connectivity index (χ0) is 19.3. The first-order valence-electron chi connectivity index (χ1n) is 8.09. The second-order valence-electron chi connectivity index (χ2n) is 5.48. The summed E-state index contributed by atoms with van der Waals surface area (Å²) in [4.78, 5) is 12.5. The van der Waals surface area contributed by atoms with Gasteiger partial charge >= 0.3 is 5.97 Å². The van der Waals surface area contributed by atoms with Crippen molar-refractivity contribution in [1.29, 1.82) is 0 Å². The third kappa shape index (κ3) is 4.49. The van der Waals surface area contributed by atoms with Crippen LogP contribution in [0.4, 0.5) is 5.69 Å². The quantitative estimate of drug-likeness (QED) is 0.570. The van der Waals surface area contributed by atoms with E-state index in [1.807, 2.05) is 6.92 Å². The van der Waals surface area contributed by atoms with Crippen LogP contribution < -0.4 is 4.72 Å². The topological polar surface area (TPSA) is 116 Å². The molecule has 1 aromatic carbocycles. The minimum absolute atomic E-state index is 0.104. The summed E-state index contributed by atoms with van der Waals surface area (Å²) < 4.78 is 34.2. The fourth-order valence-electron chi connectivity index (χ4n) is 2.28. The molecule has 27 heavy (non-hydrogen) atoms. The Balaban J connectivity index is 1.75. The SMILES string of the molecule is CCCn1nnnc1COC(=O)c1ccccc1NS(=O)(=O)c1cccs1. The molecule has 3 rings (SSSR count). The van der Waals surface area contributed by atoms with E-state index in [2.05, 4.69) is 20.2 Å². The number of ether oxygens (including phenoxy) is 1. The van der Waals surface area contributed by atoms with Gasteiger partial charge in [-0.05, 0) is 40.4 Å². The first kappa shape index (κ1) is 19.0. The molecule has 142 valence electrons. The number of hydrogen-bond acceptors (Lipinski definition) is 8. The number of nitrogens with zero attached hydrogens (tertiary/aromatic N) is 4. The first-order valence-corrected chi connectivity index (χ1v) is 10.4. The van der Waals surface area contributed by atoms with E-state index in [1.54, 1.807) is 28.3 Å². The van der Waals surface area contributed by atoms with Crippen LogP contribution in [0, 0.1) is 0 Å². The molecule has 0 amide bonds. The molecule has 0 aliphatic heterocycles. The summed E-state index contributed by atoms with van der Waals surface area (Å²) in [5.74, 6) is -0.257. The van der Waals surface area contributed by atoms with Crippen LogP contribution in [-0.4, -0.2) is 34.6 Å². The minimum Gasteiger partial charge on any atom is -0.454 e. The number of aryl methyl sites for hydroxylation is 1. The number of thiophene rings is 1. The Kier molecular flexibility index (Phi) is 5.81. The first-order chi connectivity index (χ1) is 13.0. The van der Waals surface area contributed by atoms with Gasteiger partial charge in [-0.3, -0.25) is 4.72 Å². The van der Waals surface area contributed by atoms with E-state index in [0.29, 0.717) is 12.4 Å². The number of hydrogen-bond donors (Lipinski definition) is 1. The van der Waals surface area contributed by atoms with Crippen molar-refractivity contribution >= 4 is 33.0 Å². The highest BCUT2D eigenvalue weighted by Gasteiger charge is 2.20. The van der Waals surface area contributed by atoms with Gasteiger partial charge in [0.25, 0.3) is 10.0 Å². The Morgan fingerprint density at radius 3 is 2.81 bits per heavy atom. The van der Waals surface area contributed by atoms with Crippen LogP contribution in [0.1, 0.15) is 29.5 Å². The monoisotopic (exact) mass is 407 g/mol. The third-order valence-corrected chi connectivity index (χ3v) is 6.29. The molecule has 0 unspecified atom stereocenters. The summed E-state index contributed by atoms with van der Waals surface area (Å²) >= 11 is 1.09. The van der Waals surface area contributed by atoms with Crippen LogP contribution in [0.3, 0.4) is 0 Å². The van der Waals surface area contributed by atoms with Crippen LogP contribution in [0.5, 0.6) is 0 Å². The molecule has 0 saturated heterocycles. The lowest BCUT2D eigenvalue weighted by Gasteiger charge is -2.11. The molecular formula is C16H17N5O4S2. The lowest BCUT2D eigenvalue weighted by atomic mass is 10.2. The molecule has 0 radical (unpaired) electrons. The van der Waals surface area contributed by atoms with E-state index in [9.17, 15) is 13.2 Å². The maximum Gasteiger partial charge on any atom is 0.340 e. The van der Waals surface area contributed by atoms with E-state index in [1.165, 1.54) is 18.2 Å². The van der Waals surface area contributed by atoms with Gasteiger partial charge in [0.05, 0.1) is 11.3 Å². The molecule has 0 aliphatic rings. The molecule has 0 fully saturated rings. The number of carbonyl (C=O) groups excluding carboxylic acids is 1. The van der Waals surface area contributed by atoms with Crippen molar-refractivity contribution in [3.63, 3.8) is 0 Å². The van der Waals surface area contributed by atoms with Crippen LogP contribution in [0.15, 0.2) is 46.0 Å². The second kappa shape index (κ2) is 8.27. The van der Waals surface area contributed by atoms with Crippen molar-refractivity contribution in [1.82, 2.24) is 20.2 Å². The van der Waals surface area contributed by atoms with Gasteiger partial charge in [0.15, 0.2) is 12.4 Å². The molecule has 11 heteroatoms. The molecular weight excluding hydrogens is 390 g/mol. The van der Waals surface area contributed by atoms with Gasteiger partial charge in [-0.1, -0.05) is 25.1 Å². The van der Waals surface area contributed by atoms with Crippen molar-refractivity contribution in [3.05, 3.63) is 53.2 Å². The van der Waals surface area contributed by atoms with Crippen molar-refractivity contribution in [2.75, 3.05) is 4.72 Å². The van der Waals surface area contributed by atoms with Gasteiger partial charge in [-0.2, -0.15) is 0 Å². The zero-order valence-electron chi connectivity index (χ0n) is 14.4. The maximum atomic E-state index is 12.5. The second-order valence-corrected chi connectivity index (χ2v) is 8.33. The van der Waals surface area contributed by atoms with Crippen molar-refractivity contribution in [2.24, 2.45) is 0 Å². The molecule has 2 heterocycles. The van der Waals surface area contributed by atoms with Crippen LogP contribution in [-0.2, 0) is 27.9 Å². The fourth-order valence-corrected chi connectivity index (χ4v) is 4.35. The number of para-hydroxylation sites is 1. The molecule has 0 spiro atoms. The molecule has 2 aromatic heterocycles. The molecule has 0 saturated carbocycles. The predicted molar refractivity (Wildman–Crippen MR) is 98.8 cm³/mol. The molecule has 9 nitrogen and oxygen atoms in total. The number of sulfonamides is 1. The van der Waals surface area contributed by atoms with Gasteiger partial charge in [-0.25, -0.2) is 17.9 Å². The van der Waals surface area contributed by atoms with Gasteiger partial charge in [-0.15, -0.1) is 16.4 Å². The summed E-state index contributed by atoms with van der Waals surface area (Å²) in [5, 5.41) is 12.9. The van der Waals surface area contributed by atoms with Gasteiger partial charge in [0.1, 0.15) is 4.21 Å². The highest BCUT2D eigenvalue weighted by molar-refractivity contribution is 7.94. The number of anilines is 1. The molecule has 3 aromatic rings. The summed E-state index contributed by atoms with van der Waals surface area (Å²) in [6, 6.07) is 9.37. The van der Waals surface area contributed by atoms with Crippen LogP contribution >= 0.6 is 11.3 Å². The van der Waals surface area contributed by atoms with E-state index in [4.69, 9.17) is 4.74 Å². The van der Waals surface area contributed by atoms with Gasteiger partial charge < -0.3 is 4.74 Å². The fraction of sp³-hybridized carbons (Fsp3) is 0.250. The Hall–Kier alpha value is -2.79. The third-order valence-electron chi connectivity index (χ3n) is 3.53. The van der Waals surface area contributed by atoms with E-state index < -0.39 is 16.0 Å². The molecule has 0 bridgehead atoms. The van der Waals surface area contributed by atoms with E-state index in [-0.39, 0.29) is 22.1 Å². The molecule has 0 aliphatic carbocycles. The van der Waals surface area contributed by atoms with Crippen LogP contribution in [0.2, 0.25) is 0 Å². The standard InChI is InChI=1S/C16H17N5O4S2/c1-2-9-21-14(17-19-20-21)11-25-16(22)12-6-3-4-7-13(12)18-27(23,24)15-8-5-10-26-15/h3-8,10,18H,2,9,11H2,1H3. The van der Waals surface area contributed by atoms with Crippen molar-refractivity contribution in [2.45, 2.75) is 30.7 Å². The summed E-state index contributed by atoms with van der Waals surface area (Å²) in [7, 11) is -3.77. The highest BCUT2D eigenvalue weighted by atomic mass is 32.2. The summed E-state index contributed by atoms with van der Waals surface area (Å²) in [6.07, 6.45) is 0.833. The van der Waals surface area contributed by atoms with Gasteiger partial charge in [0, 0.05) is 6.54 Å². The number of benzene rings is 1. The maximum absolute atomic E-state index is 12.5. The number of nitrogens with one attached hydrogen (secondary N) is 1. The number of esters is 1. The molecule has 0 atom stereocenters. The Morgan fingerprint density at radius 2 is 2.07 bits per heavy atom. The summed E-state index contributed by atoms with van der Waals surface area (Å²) in [6.45, 7) is 2.47. The summed E-state index contributed by atoms with van der Waals surface area (Å²) in [5.41, 5.74) is 0.246. The van der Waals surface area contributed by atoms with E-state index in [0.717, 1.165) is 17.8 Å². The molecule has 1 N–H and O–H groups in total. The number of carbonyl (C=O) groups is 1. The smallest absolute Gasteiger partial charge is 0.340 e. The van der Waals surface area contributed by atoms with Crippen molar-refractivity contribution < 1.29 is 17.9 Å². The lowest BCUT2D eigenvalue weighted by Crippen LogP contribution is -2.16. The lowest BCUT2D eigenvalue weighted by molar-refractivity contribution is 0.0457. The minimum atomic E-state index is -3.77. The zero-order valence-corrected chi connectivity index (χ0v) is 16.0. The Morgan fingerprint density at radius 1 is 1.26 bits per heavy atom. The Labute approximate surface area is 160 Å². The van der Waals surface area contributed by atoms with E-state index >= 15 is 0 Å². The van der Waals surface area contributed by atoms with Gasteiger partial charge in [0.2, 0.25) is 0 Å². The average molecular weight is 407 g/mol. The Bertz CT molecular complexity index is 1020. The number of aromatic nitrogens is 4.